The summed E-state index contributed by atoms with van der Waals surface area (Å²) in [6.07, 6.45) is 7.19. The van der Waals surface area contributed by atoms with Gasteiger partial charge in [-0.3, -0.25) is 9.69 Å². The number of aromatic nitrogens is 3. The zero-order chi connectivity index (χ0) is 19.5. The third-order valence-corrected chi connectivity index (χ3v) is 6.75. The van der Waals surface area contributed by atoms with Gasteiger partial charge < -0.3 is 4.57 Å². The Morgan fingerprint density at radius 2 is 2.10 bits per heavy atom. The lowest BCUT2D eigenvalue weighted by Crippen LogP contribution is -2.31. The lowest BCUT2D eigenvalue weighted by molar-refractivity contribution is 0.0990. The molecule has 0 bridgehead atoms. The van der Waals surface area contributed by atoms with Crippen molar-refractivity contribution in [2.45, 2.75) is 26.3 Å². The van der Waals surface area contributed by atoms with Gasteiger partial charge in [0.1, 0.15) is 0 Å². The fourth-order valence-electron chi connectivity index (χ4n) is 3.07. The number of carbonyl (C=O) groups is 1. The SMILES string of the molecule is CCc1cccc2sc(N(CCCn3ccnc3)C(=O)c3ccc(Cl)s3)nc12.Cl. The van der Waals surface area contributed by atoms with E-state index in [2.05, 4.69) is 24.0 Å². The van der Waals surface area contributed by atoms with Crippen LogP contribution < -0.4 is 4.90 Å². The number of thiazole rings is 1. The van der Waals surface area contributed by atoms with Gasteiger partial charge >= 0.3 is 0 Å². The Morgan fingerprint density at radius 3 is 2.79 bits per heavy atom. The average Bonchev–Trinajstić information content (AvgIpc) is 3.44. The van der Waals surface area contributed by atoms with Crippen LogP contribution in [0.4, 0.5) is 5.13 Å². The Hall–Kier alpha value is -1.93. The molecule has 5 nitrogen and oxygen atoms in total. The maximum absolute atomic E-state index is 13.2. The van der Waals surface area contributed by atoms with Crippen LogP contribution in [0.1, 0.15) is 28.6 Å². The maximum atomic E-state index is 13.2. The van der Waals surface area contributed by atoms with Gasteiger partial charge in [0.25, 0.3) is 5.91 Å². The van der Waals surface area contributed by atoms with E-state index < -0.39 is 0 Å². The van der Waals surface area contributed by atoms with E-state index in [0.717, 1.165) is 34.7 Å². The molecule has 1 aromatic carbocycles. The Labute approximate surface area is 188 Å². The van der Waals surface area contributed by atoms with Crippen LogP contribution in [0.2, 0.25) is 4.34 Å². The number of hydrogen-bond acceptors (Lipinski definition) is 5. The van der Waals surface area contributed by atoms with Gasteiger partial charge in [0.05, 0.1) is 25.8 Å². The summed E-state index contributed by atoms with van der Waals surface area (Å²) >= 11 is 8.91. The highest BCUT2D eigenvalue weighted by Crippen LogP contribution is 2.33. The molecular weight excluding hydrogens is 447 g/mol. The highest BCUT2D eigenvalue weighted by atomic mass is 35.5. The summed E-state index contributed by atoms with van der Waals surface area (Å²) < 4.78 is 3.73. The molecular formula is C20H20Cl2N4OS2. The molecule has 0 aliphatic heterocycles. The molecule has 0 aliphatic rings. The predicted octanol–water partition coefficient (Wildman–Crippen LogP) is 5.93. The van der Waals surface area contributed by atoms with E-state index >= 15 is 0 Å². The van der Waals surface area contributed by atoms with Crippen molar-refractivity contribution in [1.82, 2.24) is 14.5 Å². The zero-order valence-electron chi connectivity index (χ0n) is 15.7. The summed E-state index contributed by atoms with van der Waals surface area (Å²) in [5.41, 5.74) is 2.19. The fourth-order valence-corrected chi connectivity index (χ4v) is 5.10. The number of benzene rings is 1. The first-order chi connectivity index (χ1) is 13.7. The van der Waals surface area contributed by atoms with Crippen molar-refractivity contribution in [2.75, 3.05) is 11.4 Å². The topological polar surface area (TPSA) is 51.0 Å². The van der Waals surface area contributed by atoms with Crippen LogP contribution >= 0.6 is 46.7 Å². The summed E-state index contributed by atoms with van der Waals surface area (Å²) in [6, 6.07) is 9.74. The van der Waals surface area contributed by atoms with Crippen LogP contribution in [0.15, 0.2) is 49.1 Å². The van der Waals surface area contributed by atoms with Crippen molar-refractivity contribution in [2.24, 2.45) is 0 Å². The number of rotatable bonds is 7. The number of fused-ring (bicyclic) bond motifs is 1. The maximum Gasteiger partial charge on any atom is 0.270 e. The summed E-state index contributed by atoms with van der Waals surface area (Å²) in [6.45, 7) is 3.49. The van der Waals surface area contributed by atoms with E-state index in [4.69, 9.17) is 16.6 Å². The third-order valence-electron chi connectivity index (χ3n) is 4.49. The molecule has 0 fully saturated rings. The quantitative estimate of drug-likeness (QED) is 0.339. The second-order valence-electron chi connectivity index (χ2n) is 6.33. The molecule has 4 rings (SSSR count). The van der Waals surface area contributed by atoms with E-state index in [1.54, 1.807) is 40.9 Å². The number of nitrogens with zero attached hydrogens (tertiary/aromatic N) is 4. The van der Waals surface area contributed by atoms with E-state index in [0.29, 0.717) is 15.8 Å². The normalized spacial score (nSPS) is 10.8. The first-order valence-electron chi connectivity index (χ1n) is 9.07. The Morgan fingerprint density at radius 1 is 1.24 bits per heavy atom. The molecule has 0 unspecified atom stereocenters. The minimum absolute atomic E-state index is 0. The monoisotopic (exact) mass is 466 g/mol. The highest BCUT2D eigenvalue weighted by Gasteiger charge is 2.23. The lowest BCUT2D eigenvalue weighted by Gasteiger charge is -2.19. The molecule has 0 aliphatic carbocycles. The largest absolute Gasteiger partial charge is 0.337 e. The van der Waals surface area contributed by atoms with Crippen molar-refractivity contribution in [3.8, 4) is 0 Å². The number of imidazole rings is 1. The van der Waals surface area contributed by atoms with Crippen molar-refractivity contribution < 1.29 is 4.79 Å². The van der Waals surface area contributed by atoms with Crippen LogP contribution in [0, 0.1) is 0 Å². The first-order valence-corrected chi connectivity index (χ1v) is 11.1. The summed E-state index contributed by atoms with van der Waals surface area (Å²) in [5, 5.41) is 0.732. The van der Waals surface area contributed by atoms with E-state index in [1.807, 2.05) is 16.8 Å². The van der Waals surface area contributed by atoms with Gasteiger partial charge in [-0.2, -0.15) is 0 Å². The van der Waals surface area contributed by atoms with Gasteiger partial charge in [-0.15, -0.1) is 23.7 Å². The van der Waals surface area contributed by atoms with Crippen molar-refractivity contribution in [1.29, 1.82) is 0 Å². The van der Waals surface area contributed by atoms with Gasteiger partial charge in [-0.1, -0.05) is 42.0 Å². The van der Waals surface area contributed by atoms with E-state index in [9.17, 15) is 4.79 Å². The molecule has 152 valence electrons. The molecule has 3 heterocycles. The molecule has 29 heavy (non-hydrogen) atoms. The average molecular weight is 467 g/mol. The van der Waals surface area contributed by atoms with Gasteiger partial charge in [0, 0.05) is 25.5 Å². The van der Waals surface area contributed by atoms with Crippen LogP contribution in [0.3, 0.4) is 0 Å². The van der Waals surface area contributed by atoms with Gasteiger partial charge in [-0.25, -0.2) is 9.97 Å². The Balaban J connectivity index is 0.00000240. The molecule has 1 amide bonds. The van der Waals surface area contributed by atoms with Gasteiger partial charge in [0.15, 0.2) is 5.13 Å². The molecule has 0 atom stereocenters. The molecule has 3 aromatic heterocycles. The van der Waals surface area contributed by atoms with Crippen molar-refractivity contribution >= 4 is 67.9 Å². The smallest absolute Gasteiger partial charge is 0.270 e. The zero-order valence-corrected chi connectivity index (χ0v) is 19.0. The molecule has 0 saturated carbocycles. The molecule has 4 aromatic rings. The molecule has 0 N–H and O–H groups in total. The van der Waals surface area contributed by atoms with Crippen molar-refractivity contribution in [3.05, 3.63) is 63.8 Å². The molecule has 0 radical (unpaired) electrons. The van der Waals surface area contributed by atoms with Gasteiger partial charge in [-0.05, 0) is 36.6 Å². The second-order valence-corrected chi connectivity index (χ2v) is 9.05. The molecule has 0 saturated heterocycles. The summed E-state index contributed by atoms with van der Waals surface area (Å²) in [5.74, 6) is -0.0559. The number of amides is 1. The predicted molar refractivity (Wildman–Crippen MR) is 124 cm³/mol. The fraction of sp³-hybridized carbons (Fsp3) is 0.250. The standard InChI is InChI=1S/C20H19ClN4OS2.ClH/c1-2-14-5-3-6-15-18(14)23-20(28-15)25(11-4-10-24-12-9-22-13-24)19(26)16-7-8-17(21)27-16;/h3,5-9,12-13H,2,4,10-11H2,1H3;1H. The minimum atomic E-state index is -0.0559. The van der Waals surface area contributed by atoms with E-state index in [1.165, 1.54) is 16.9 Å². The van der Waals surface area contributed by atoms with Crippen LogP contribution in [-0.2, 0) is 13.0 Å². The van der Waals surface area contributed by atoms with Crippen molar-refractivity contribution in [3.63, 3.8) is 0 Å². The Bertz CT molecular complexity index is 1090. The molecule has 0 spiro atoms. The van der Waals surface area contributed by atoms with Crippen LogP contribution in [0.25, 0.3) is 10.2 Å². The highest BCUT2D eigenvalue weighted by molar-refractivity contribution is 7.22. The minimum Gasteiger partial charge on any atom is -0.337 e. The van der Waals surface area contributed by atoms with Crippen LogP contribution in [-0.4, -0.2) is 27.0 Å². The Kier molecular flexibility index (Phi) is 7.29. The third kappa shape index (κ3) is 4.80. The number of aryl methyl sites for hydroxylation is 2. The van der Waals surface area contributed by atoms with E-state index in [-0.39, 0.29) is 18.3 Å². The number of para-hydroxylation sites is 1. The summed E-state index contributed by atoms with van der Waals surface area (Å²) in [4.78, 5) is 24.5. The number of anilines is 1. The summed E-state index contributed by atoms with van der Waals surface area (Å²) in [7, 11) is 0. The van der Waals surface area contributed by atoms with Gasteiger partial charge in [0.2, 0.25) is 0 Å². The number of halogens is 2. The molecule has 9 heteroatoms. The number of hydrogen-bond donors (Lipinski definition) is 0. The lowest BCUT2D eigenvalue weighted by atomic mass is 10.1. The number of thiophene rings is 1. The number of carbonyl (C=O) groups excluding carboxylic acids is 1. The second kappa shape index (κ2) is 9.71. The first kappa shape index (κ1) is 21.8. The van der Waals surface area contributed by atoms with Crippen LogP contribution in [0.5, 0.6) is 0 Å².